The van der Waals surface area contributed by atoms with Crippen molar-refractivity contribution < 1.29 is 14.7 Å². The Hall–Kier alpha value is -1.88. The van der Waals surface area contributed by atoms with Crippen LogP contribution in [-0.4, -0.2) is 41.0 Å². The summed E-state index contributed by atoms with van der Waals surface area (Å²) in [4.78, 5) is 25.2. The zero-order valence-corrected chi connectivity index (χ0v) is 11.8. The Morgan fingerprint density at radius 3 is 2.80 bits per heavy atom. The van der Waals surface area contributed by atoms with E-state index in [1.165, 1.54) is 6.92 Å². The van der Waals surface area contributed by atoms with Gasteiger partial charge in [-0.05, 0) is 30.5 Å². The fourth-order valence-electron chi connectivity index (χ4n) is 2.43. The molecule has 2 N–H and O–H groups in total. The summed E-state index contributed by atoms with van der Waals surface area (Å²) < 4.78 is 0. The van der Waals surface area contributed by atoms with Crippen LogP contribution in [-0.2, 0) is 4.79 Å². The Morgan fingerprint density at radius 1 is 1.40 bits per heavy atom. The van der Waals surface area contributed by atoms with Gasteiger partial charge in [0, 0.05) is 31.3 Å². The van der Waals surface area contributed by atoms with Gasteiger partial charge in [0.15, 0.2) is 0 Å². The summed E-state index contributed by atoms with van der Waals surface area (Å²) in [5, 5.41) is 12.4. The molecular weight excluding hydrogens is 256 g/mol. The molecule has 5 heteroatoms. The highest BCUT2D eigenvalue weighted by Gasteiger charge is 2.27. The van der Waals surface area contributed by atoms with Crippen molar-refractivity contribution in [2.24, 2.45) is 5.92 Å². The van der Waals surface area contributed by atoms with Gasteiger partial charge in [-0.1, -0.05) is 13.0 Å². The molecule has 2 atom stereocenters. The van der Waals surface area contributed by atoms with Crippen molar-refractivity contribution in [1.29, 1.82) is 0 Å². The highest BCUT2D eigenvalue weighted by atomic mass is 16.3. The molecule has 2 unspecified atom stereocenters. The number of carbonyl (C=O) groups excluding carboxylic acids is 2. The number of hydrogen-bond donors (Lipinski definition) is 2. The Morgan fingerprint density at radius 2 is 2.15 bits per heavy atom. The lowest BCUT2D eigenvalue weighted by atomic mass is 9.96. The number of aliphatic hydroxyl groups excluding tert-OH is 1. The summed E-state index contributed by atoms with van der Waals surface area (Å²) >= 11 is 0. The monoisotopic (exact) mass is 276 g/mol. The summed E-state index contributed by atoms with van der Waals surface area (Å²) in [6, 6.07) is 6.92. The topological polar surface area (TPSA) is 69.6 Å². The molecule has 0 aromatic heterocycles. The Balaban J connectivity index is 2.11. The number of benzene rings is 1. The molecule has 0 saturated carbocycles. The summed E-state index contributed by atoms with van der Waals surface area (Å²) in [5.41, 5.74) is 1.17. The number of nitrogens with one attached hydrogen (secondary N) is 1. The van der Waals surface area contributed by atoms with Crippen molar-refractivity contribution in [3.8, 4) is 0 Å². The van der Waals surface area contributed by atoms with Crippen molar-refractivity contribution in [3.05, 3.63) is 29.8 Å². The molecule has 2 amide bonds. The summed E-state index contributed by atoms with van der Waals surface area (Å²) in [6.07, 6.45) is 0.280. The van der Waals surface area contributed by atoms with Crippen molar-refractivity contribution in [2.75, 3.05) is 18.4 Å². The first-order valence-electron chi connectivity index (χ1n) is 6.82. The zero-order valence-electron chi connectivity index (χ0n) is 11.8. The van der Waals surface area contributed by atoms with E-state index in [0.29, 0.717) is 30.8 Å². The second-order valence-electron chi connectivity index (χ2n) is 5.35. The minimum absolute atomic E-state index is 0.0593. The molecular formula is C15H20N2O3. The van der Waals surface area contributed by atoms with E-state index in [4.69, 9.17) is 0 Å². The van der Waals surface area contributed by atoms with Crippen LogP contribution in [0.3, 0.4) is 0 Å². The Kier molecular flexibility index (Phi) is 4.39. The molecule has 0 spiro atoms. The minimum Gasteiger partial charge on any atom is -0.393 e. The van der Waals surface area contributed by atoms with Crippen LogP contribution >= 0.6 is 0 Å². The van der Waals surface area contributed by atoms with Crippen molar-refractivity contribution in [1.82, 2.24) is 4.90 Å². The third kappa shape index (κ3) is 3.36. The molecule has 0 radical (unpaired) electrons. The second kappa shape index (κ2) is 6.05. The SMILES string of the molecule is CC(=O)Nc1cccc(C(=O)N2CCC(O)C(C)C2)c1. The standard InChI is InChI=1S/C15H20N2O3/c1-10-9-17(7-6-14(10)19)15(20)12-4-3-5-13(8-12)16-11(2)18/h3-5,8,10,14,19H,6-7,9H2,1-2H3,(H,16,18). The van der Waals surface area contributed by atoms with Gasteiger partial charge in [0.2, 0.25) is 5.91 Å². The van der Waals surface area contributed by atoms with Crippen LogP contribution < -0.4 is 5.32 Å². The number of aliphatic hydroxyl groups is 1. The van der Waals surface area contributed by atoms with Crippen molar-refractivity contribution in [2.45, 2.75) is 26.4 Å². The highest BCUT2D eigenvalue weighted by molar-refractivity contribution is 5.96. The average molecular weight is 276 g/mol. The summed E-state index contributed by atoms with van der Waals surface area (Å²) in [7, 11) is 0. The van der Waals surface area contributed by atoms with Crippen molar-refractivity contribution >= 4 is 17.5 Å². The van der Waals surface area contributed by atoms with E-state index in [2.05, 4.69) is 5.32 Å². The van der Waals surface area contributed by atoms with Gasteiger partial charge in [-0.25, -0.2) is 0 Å². The van der Waals surface area contributed by atoms with Gasteiger partial charge in [0.1, 0.15) is 0 Å². The minimum atomic E-state index is -0.329. The van der Waals surface area contributed by atoms with Gasteiger partial charge < -0.3 is 15.3 Å². The third-order valence-corrected chi connectivity index (χ3v) is 3.58. The summed E-state index contributed by atoms with van der Waals surface area (Å²) in [5.74, 6) is -0.133. The predicted molar refractivity (Wildman–Crippen MR) is 76.4 cm³/mol. The molecule has 1 saturated heterocycles. The molecule has 1 aliphatic rings. The number of hydrogen-bond acceptors (Lipinski definition) is 3. The van der Waals surface area contributed by atoms with E-state index >= 15 is 0 Å². The number of amides is 2. The molecule has 1 heterocycles. The van der Waals surface area contributed by atoms with E-state index < -0.39 is 0 Å². The van der Waals surface area contributed by atoms with Crippen LogP contribution in [0, 0.1) is 5.92 Å². The van der Waals surface area contributed by atoms with E-state index in [1.54, 1.807) is 29.2 Å². The Labute approximate surface area is 118 Å². The molecule has 1 aromatic rings. The maximum Gasteiger partial charge on any atom is 0.253 e. The van der Waals surface area contributed by atoms with Crippen LogP contribution in [0.4, 0.5) is 5.69 Å². The lowest BCUT2D eigenvalue weighted by Crippen LogP contribution is -2.44. The Bertz CT molecular complexity index is 516. The number of likely N-dealkylation sites (tertiary alicyclic amines) is 1. The molecule has 20 heavy (non-hydrogen) atoms. The average Bonchev–Trinajstić information content (AvgIpc) is 2.40. The number of rotatable bonds is 2. The first-order valence-corrected chi connectivity index (χ1v) is 6.82. The third-order valence-electron chi connectivity index (χ3n) is 3.58. The fraction of sp³-hybridized carbons (Fsp3) is 0.467. The highest BCUT2D eigenvalue weighted by Crippen LogP contribution is 2.20. The normalized spacial score (nSPS) is 22.4. The van der Waals surface area contributed by atoms with Crippen LogP contribution in [0.1, 0.15) is 30.6 Å². The van der Waals surface area contributed by atoms with Crippen LogP contribution in [0.15, 0.2) is 24.3 Å². The number of carbonyl (C=O) groups is 2. The van der Waals surface area contributed by atoms with Crippen LogP contribution in [0.5, 0.6) is 0 Å². The van der Waals surface area contributed by atoms with E-state index in [1.807, 2.05) is 6.92 Å². The van der Waals surface area contributed by atoms with E-state index in [9.17, 15) is 14.7 Å². The largest absolute Gasteiger partial charge is 0.393 e. The molecule has 0 bridgehead atoms. The molecule has 2 rings (SSSR count). The quantitative estimate of drug-likeness (QED) is 0.859. The number of nitrogens with zero attached hydrogens (tertiary/aromatic N) is 1. The zero-order chi connectivity index (χ0) is 14.7. The first kappa shape index (κ1) is 14.5. The van der Waals surface area contributed by atoms with Gasteiger partial charge in [-0.3, -0.25) is 9.59 Å². The number of piperidine rings is 1. The molecule has 0 aliphatic carbocycles. The van der Waals surface area contributed by atoms with Crippen molar-refractivity contribution in [3.63, 3.8) is 0 Å². The molecule has 1 fully saturated rings. The van der Waals surface area contributed by atoms with Gasteiger partial charge in [-0.15, -0.1) is 0 Å². The molecule has 5 nitrogen and oxygen atoms in total. The number of anilines is 1. The van der Waals surface area contributed by atoms with Gasteiger partial charge in [-0.2, -0.15) is 0 Å². The first-order chi connectivity index (χ1) is 9.47. The van der Waals surface area contributed by atoms with E-state index in [0.717, 1.165) is 0 Å². The lowest BCUT2D eigenvalue weighted by Gasteiger charge is -2.34. The fourth-order valence-corrected chi connectivity index (χ4v) is 2.43. The second-order valence-corrected chi connectivity index (χ2v) is 5.35. The van der Waals surface area contributed by atoms with Crippen LogP contribution in [0.25, 0.3) is 0 Å². The predicted octanol–water partition coefficient (Wildman–Crippen LogP) is 1.49. The molecule has 1 aromatic carbocycles. The lowest BCUT2D eigenvalue weighted by molar-refractivity contribution is -0.114. The van der Waals surface area contributed by atoms with Gasteiger partial charge >= 0.3 is 0 Å². The van der Waals surface area contributed by atoms with Gasteiger partial charge in [0.05, 0.1) is 6.10 Å². The maximum absolute atomic E-state index is 12.4. The molecule has 1 aliphatic heterocycles. The molecule has 108 valence electrons. The summed E-state index contributed by atoms with van der Waals surface area (Å²) in [6.45, 7) is 4.50. The van der Waals surface area contributed by atoms with Crippen LogP contribution in [0.2, 0.25) is 0 Å². The van der Waals surface area contributed by atoms with E-state index in [-0.39, 0.29) is 23.8 Å². The van der Waals surface area contributed by atoms with Gasteiger partial charge in [0.25, 0.3) is 5.91 Å². The maximum atomic E-state index is 12.4. The smallest absolute Gasteiger partial charge is 0.253 e.